The summed E-state index contributed by atoms with van der Waals surface area (Å²) in [6.07, 6.45) is 0.967. The van der Waals surface area contributed by atoms with Gasteiger partial charge in [0.05, 0.1) is 12.6 Å². The molecule has 1 aliphatic carbocycles. The molecule has 1 aromatic rings. The van der Waals surface area contributed by atoms with E-state index in [9.17, 15) is 4.79 Å². The molecule has 1 unspecified atom stereocenters. The number of fused-ring (bicyclic) bond motifs is 3. The summed E-state index contributed by atoms with van der Waals surface area (Å²) in [7, 11) is 1.75. The Morgan fingerprint density at radius 3 is 3.00 bits per heavy atom. The van der Waals surface area contributed by atoms with Crippen LogP contribution in [-0.2, 0) is 4.79 Å². The monoisotopic (exact) mass is 227 g/mol. The molecule has 1 fully saturated rings. The van der Waals surface area contributed by atoms with Gasteiger partial charge in [0.25, 0.3) is 0 Å². The topological polar surface area (TPSA) is 50.7 Å². The van der Waals surface area contributed by atoms with E-state index in [2.05, 4.69) is 4.85 Å². The van der Waals surface area contributed by atoms with Crippen molar-refractivity contribution in [3.8, 4) is 0 Å². The zero-order chi connectivity index (χ0) is 12.2. The summed E-state index contributed by atoms with van der Waals surface area (Å²) in [5, 5.41) is 0. The molecule has 2 aliphatic rings. The third-order valence-electron chi connectivity index (χ3n) is 3.82. The summed E-state index contributed by atoms with van der Waals surface area (Å²) in [6, 6.07) is 5.11. The molecule has 1 aromatic carbocycles. The molecule has 1 aliphatic heterocycles. The molecular weight excluding hydrogens is 214 g/mol. The SMILES string of the molecule is [C-]#[N+]c1ccc2c(c1)[C@@H]1CC1[C@H](N)C(=O)N2C. The first-order valence-corrected chi connectivity index (χ1v) is 5.68. The predicted octanol–water partition coefficient (Wildman–Crippen LogP) is 1.64. The minimum Gasteiger partial charge on any atom is -0.320 e. The van der Waals surface area contributed by atoms with Crippen LogP contribution < -0.4 is 10.6 Å². The maximum absolute atomic E-state index is 12.0. The number of anilines is 1. The van der Waals surface area contributed by atoms with Crippen LogP contribution in [0.25, 0.3) is 4.85 Å². The number of benzene rings is 1. The van der Waals surface area contributed by atoms with Crippen molar-refractivity contribution in [3.05, 3.63) is 35.2 Å². The third-order valence-corrected chi connectivity index (χ3v) is 3.82. The molecule has 3 atom stereocenters. The molecule has 0 spiro atoms. The number of amides is 1. The quantitative estimate of drug-likeness (QED) is 0.685. The summed E-state index contributed by atoms with van der Waals surface area (Å²) in [4.78, 5) is 17.1. The van der Waals surface area contributed by atoms with Crippen LogP contribution in [0.1, 0.15) is 17.9 Å². The molecule has 4 nitrogen and oxygen atoms in total. The Hall–Kier alpha value is -1.86. The van der Waals surface area contributed by atoms with Crippen LogP contribution in [0.2, 0.25) is 0 Å². The predicted molar refractivity (Wildman–Crippen MR) is 64.9 cm³/mol. The van der Waals surface area contributed by atoms with Gasteiger partial charge >= 0.3 is 0 Å². The van der Waals surface area contributed by atoms with Gasteiger partial charge in [-0.15, -0.1) is 0 Å². The molecule has 0 radical (unpaired) electrons. The van der Waals surface area contributed by atoms with E-state index in [0.717, 1.165) is 17.7 Å². The van der Waals surface area contributed by atoms with Crippen LogP contribution in [-0.4, -0.2) is 19.0 Å². The van der Waals surface area contributed by atoms with E-state index >= 15 is 0 Å². The smallest absolute Gasteiger partial charge is 0.243 e. The van der Waals surface area contributed by atoms with E-state index in [1.54, 1.807) is 18.0 Å². The fraction of sp³-hybridized carbons (Fsp3) is 0.385. The Balaban J connectivity index is 2.15. The number of carbonyl (C=O) groups excluding carboxylic acids is 1. The second kappa shape index (κ2) is 3.31. The number of likely N-dealkylation sites (N-methyl/N-ethyl adjacent to an activating group) is 1. The molecule has 0 saturated heterocycles. The molecule has 86 valence electrons. The zero-order valence-corrected chi connectivity index (χ0v) is 9.55. The van der Waals surface area contributed by atoms with E-state index in [1.165, 1.54) is 0 Å². The molecule has 17 heavy (non-hydrogen) atoms. The number of rotatable bonds is 0. The highest BCUT2D eigenvalue weighted by atomic mass is 16.2. The van der Waals surface area contributed by atoms with Crippen molar-refractivity contribution in [2.24, 2.45) is 11.7 Å². The lowest BCUT2D eigenvalue weighted by atomic mass is 10.1. The second-order valence-corrected chi connectivity index (χ2v) is 4.78. The van der Waals surface area contributed by atoms with E-state index in [0.29, 0.717) is 11.6 Å². The van der Waals surface area contributed by atoms with Gasteiger partial charge in [0.2, 0.25) is 5.91 Å². The highest BCUT2D eigenvalue weighted by molar-refractivity contribution is 5.99. The van der Waals surface area contributed by atoms with Crippen LogP contribution in [0.3, 0.4) is 0 Å². The van der Waals surface area contributed by atoms with Crippen LogP contribution in [0.4, 0.5) is 11.4 Å². The average Bonchev–Trinajstić information content (AvgIpc) is 3.15. The molecular formula is C13H13N3O. The number of hydrogen-bond donors (Lipinski definition) is 1. The van der Waals surface area contributed by atoms with Gasteiger partial charge in [0.15, 0.2) is 5.69 Å². The number of nitrogens with two attached hydrogens (primary N) is 1. The summed E-state index contributed by atoms with van der Waals surface area (Å²) >= 11 is 0. The lowest BCUT2D eigenvalue weighted by molar-refractivity contribution is -0.119. The molecule has 3 rings (SSSR count). The van der Waals surface area contributed by atoms with Crippen molar-refractivity contribution in [2.75, 3.05) is 11.9 Å². The highest BCUT2D eigenvalue weighted by Gasteiger charge is 2.49. The normalized spacial score (nSPS) is 30.1. The van der Waals surface area contributed by atoms with Gasteiger partial charge in [-0.25, -0.2) is 4.85 Å². The first kappa shape index (κ1) is 10.3. The maximum Gasteiger partial charge on any atom is 0.243 e. The Labute approximate surface area is 99.8 Å². The first-order chi connectivity index (χ1) is 8.13. The lowest BCUT2D eigenvalue weighted by Crippen LogP contribution is -2.42. The number of nitrogens with zero attached hydrogens (tertiary/aromatic N) is 2. The maximum atomic E-state index is 12.0. The minimum absolute atomic E-state index is 0.0215. The van der Waals surface area contributed by atoms with Crippen molar-refractivity contribution < 1.29 is 4.79 Å². The zero-order valence-electron chi connectivity index (χ0n) is 9.55. The highest BCUT2D eigenvalue weighted by Crippen LogP contribution is 2.54. The lowest BCUT2D eigenvalue weighted by Gasteiger charge is -2.21. The van der Waals surface area contributed by atoms with Gasteiger partial charge < -0.3 is 10.6 Å². The largest absolute Gasteiger partial charge is 0.320 e. The van der Waals surface area contributed by atoms with Crippen LogP contribution >= 0.6 is 0 Å². The molecule has 0 bridgehead atoms. The Morgan fingerprint density at radius 1 is 1.53 bits per heavy atom. The molecule has 4 heteroatoms. The van der Waals surface area contributed by atoms with E-state index < -0.39 is 6.04 Å². The van der Waals surface area contributed by atoms with Crippen molar-refractivity contribution in [3.63, 3.8) is 0 Å². The fourth-order valence-electron chi connectivity index (χ4n) is 2.71. The molecule has 2 N–H and O–H groups in total. The van der Waals surface area contributed by atoms with E-state index in [4.69, 9.17) is 12.3 Å². The molecule has 1 amide bonds. The summed E-state index contributed by atoms with van der Waals surface area (Å²) in [5.74, 6) is 0.592. The molecule has 1 heterocycles. The van der Waals surface area contributed by atoms with Gasteiger partial charge in [0, 0.05) is 12.7 Å². The van der Waals surface area contributed by atoms with Crippen LogP contribution in [0.5, 0.6) is 0 Å². The van der Waals surface area contributed by atoms with Crippen molar-refractivity contribution in [1.82, 2.24) is 0 Å². The Morgan fingerprint density at radius 2 is 2.29 bits per heavy atom. The molecule has 0 aromatic heterocycles. The standard InChI is InChI=1S/C13H13N3O/c1-15-7-3-4-11-9(5-7)8-6-10(8)12(14)13(17)16(11)2/h3-5,8,10,12H,6,14H2,2H3/t8-,10?,12-/m0/s1. The number of carbonyl (C=O) groups is 1. The first-order valence-electron chi connectivity index (χ1n) is 5.68. The Kier molecular flexibility index (Phi) is 2.01. The van der Waals surface area contributed by atoms with Gasteiger partial charge in [-0.1, -0.05) is 12.1 Å². The average molecular weight is 227 g/mol. The molecule has 1 saturated carbocycles. The van der Waals surface area contributed by atoms with Crippen molar-refractivity contribution in [1.29, 1.82) is 0 Å². The van der Waals surface area contributed by atoms with Crippen LogP contribution in [0.15, 0.2) is 18.2 Å². The van der Waals surface area contributed by atoms with Gasteiger partial charge in [0.1, 0.15) is 0 Å². The third kappa shape index (κ3) is 1.36. The van der Waals surface area contributed by atoms with E-state index in [1.807, 2.05) is 12.1 Å². The van der Waals surface area contributed by atoms with Crippen molar-refractivity contribution >= 4 is 17.3 Å². The van der Waals surface area contributed by atoms with Crippen LogP contribution in [0, 0.1) is 12.5 Å². The minimum atomic E-state index is -0.395. The number of hydrogen-bond acceptors (Lipinski definition) is 2. The Bertz CT molecular complexity index is 546. The second-order valence-electron chi connectivity index (χ2n) is 4.78. The van der Waals surface area contributed by atoms with Crippen molar-refractivity contribution in [2.45, 2.75) is 18.4 Å². The summed E-state index contributed by atoms with van der Waals surface area (Å²) in [6.45, 7) is 7.04. The van der Waals surface area contributed by atoms with E-state index in [-0.39, 0.29) is 11.8 Å². The summed E-state index contributed by atoms with van der Waals surface area (Å²) < 4.78 is 0. The summed E-state index contributed by atoms with van der Waals surface area (Å²) in [5.41, 5.74) is 8.59. The van der Waals surface area contributed by atoms with Gasteiger partial charge in [-0.05, 0) is 29.9 Å². The van der Waals surface area contributed by atoms with Gasteiger partial charge in [-0.2, -0.15) is 0 Å². The van der Waals surface area contributed by atoms with Gasteiger partial charge in [-0.3, -0.25) is 4.79 Å². The fourth-order valence-corrected chi connectivity index (χ4v) is 2.71.